The van der Waals surface area contributed by atoms with Crippen molar-refractivity contribution in [2.45, 2.75) is 6.92 Å². The number of hydrogen-bond acceptors (Lipinski definition) is 2. The highest BCUT2D eigenvalue weighted by Gasteiger charge is 2.45. The van der Waals surface area contributed by atoms with Crippen LogP contribution in [0.4, 0.5) is 17.1 Å². The lowest BCUT2D eigenvalue weighted by Crippen LogP contribution is -2.57. The van der Waals surface area contributed by atoms with Crippen LogP contribution in [-0.4, -0.2) is 11.3 Å². The van der Waals surface area contributed by atoms with Gasteiger partial charge in [0.25, 0.3) is 0 Å². The number of nitrogens with zero attached hydrogens (tertiary/aromatic N) is 2. The first-order valence-corrected chi connectivity index (χ1v) is 12.2. The monoisotopic (exact) mass is 446 g/mol. The van der Waals surface area contributed by atoms with E-state index in [-0.39, 0.29) is 6.85 Å². The SMILES string of the molecule is Cc1cc2c3c(c1)N1c4ccccc4Oc4cccc(c41)B3n1c3ccccc3c3cccc-2c31. The number of para-hydroxylation sites is 5. The minimum absolute atomic E-state index is 0.0814. The number of anilines is 3. The topological polar surface area (TPSA) is 17.4 Å². The second-order valence-electron chi connectivity index (χ2n) is 9.84. The van der Waals surface area contributed by atoms with Crippen molar-refractivity contribution in [1.29, 1.82) is 0 Å². The normalized spacial score (nSPS) is 14.0. The molecule has 0 saturated carbocycles. The van der Waals surface area contributed by atoms with Gasteiger partial charge in [0.2, 0.25) is 0 Å². The van der Waals surface area contributed by atoms with Crippen molar-refractivity contribution >= 4 is 56.6 Å². The van der Waals surface area contributed by atoms with Crippen LogP contribution in [0.25, 0.3) is 32.9 Å². The number of aryl methyl sites for hydroxylation is 1. The molecule has 0 N–H and O–H groups in total. The zero-order chi connectivity index (χ0) is 22.8. The van der Waals surface area contributed by atoms with Crippen molar-refractivity contribution in [2.24, 2.45) is 0 Å². The van der Waals surface area contributed by atoms with Crippen LogP contribution in [-0.2, 0) is 0 Å². The van der Waals surface area contributed by atoms with Crippen molar-refractivity contribution in [2.75, 3.05) is 4.90 Å². The van der Waals surface area contributed by atoms with E-state index in [9.17, 15) is 0 Å². The molecule has 35 heavy (non-hydrogen) atoms. The van der Waals surface area contributed by atoms with Crippen molar-refractivity contribution < 1.29 is 4.74 Å². The van der Waals surface area contributed by atoms with Gasteiger partial charge in [-0.1, -0.05) is 66.7 Å². The standard InChI is InChI=1S/C31H19BN2O/c1-18-16-22-21-10-6-9-20-19-8-2-3-12-24(19)34(30(20)21)32-23-11-7-15-28-31(23)33(26(17-18)29(22)32)25-13-4-5-14-27(25)35-28/h2-17H,1H3. The fourth-order valence-electron chi connectivity index (χ4n) is 6.73. The van der Waals surface area contributed by atoms with Gasteiger partial charge in [-0.05, 0) is 59.3 Å². The van der Waals surface area contributed by atoms with Crippen LogP contribution in [0.3, 0.4) is 0 Å². The summed E-state index contributed by atoms with van der Waals surface area (Å²) in [4.78, 5) is 2.43. The fourth-order valence-corrected chi connectivity index (χ4v) is 6.73. The van der Waals surface area contributed by atoms with Gasteiger partial charge < -0.3 is 14.1 Å². The molecule has 0 saturated heterocycles. The van der Waals surface area contributed by atoms with Crippen LogP contribution >= 0.6 is 0 Å². The number of aromatic nitrogens is 1. The Bertz CT molecular complexity index is 1920. The van der Waals surface area contributed by atoms with Crippen molar-refractivity contribution in [1.82, 2.24) is 4.48 Å². The number of fused-ring (bicyclic) bond motifs is 9. The van der Waals surface area contributed by atoms with E-state index in [4.69, 9.17) is 4.74 Å². The van der Waals surface area contributed by atoms with Gasteiger partial charge in [-0.3, -0.25) is 0 Å². The summed E-state index contributed by atoms with van der Waals surface area (Å²) in [5.41, 5.74) is 12.7. The zero-order valence-corrected chi connectivity index (χ0v) is 19.1. The summed E-state index contributed by atoms with van der Waals surface area (Å²) in [5.74, 6) is 1.82. The minimum atomic E-state index is 0.0814. The van der Waals surface area contributed by atoms with Gasteiger partial charge in [0.05, 0.1) is 11.4 Å². The molecule has 0 spiro atoms. The Kier molecular flexibility index (Phi) is 3.06. The Morgan fingerprint density at radius 3 is 2.46 bits per heavy atom. The van der Waals surface area contributed by atoms with Crippen LogP contribution in [0.5, 0.6) is 11.5 Å². The highest BCUT2D eigenvalue weighted by molar-refractivity contribution is 6.90. The first kappa shape index (κ1) is 18.0. The van der Waals surface area contributed by atoms with Crippen LogP contribution < -0.4 is 20.6 Å². The molecule has 0 aliphatic carbocycles. The molecule has 9 rings (SSSR count). The molecule has 3 aliphatic heterocycles. The minimum Gasteiger partial charge on any atom is -0.453 e. The number of ether oxygens (including phenoxy) is 1. The average molecular weight is 446 g/mol. The summed E-state index contributed by atoms with van der Waals surface area (Å²) in [6.45, 7) is 2.29. The largest absolute Gasteiger partial charge is 0.453 e. The predicted octanol–water partition coefficient (Wildman–Crippen LogP) is 6.63. The van der Waals surface area contributed by atoms with E-state index in [2.05, 4.69) is 107 Å². The summed E-state index contributed by atoms with van der Waals surface area (Å²) in [6, 6.07) is 35.3. The molecule has 5 aromatic carbocycles. The smallest absolute Gasteiger partial charge is 0.333 e. The van der Waals surface area contributed by atoms with E-state index in [1.165, 1.54) is 55.1 Å². The Labute approximate surface area is 202 Å². The molecule has 0 amide bonds. The zero-order valence-electron chi connectivity index (χ0n) is 19.1. The molecule has 1 aromatic heterocycles. The molecule has 0 radical (unpaired) electrons. The van der Waals surface area contributed by atoms with Crippen LogP contribution in [0, 0.1) is 6.92 Å². The lowest BCUT2D eigenvalue weighted by atomic mass is 9.45. The maximum absolute atomic E-state index is 6.47. The number of benzene rings is 5. The Hall–Kier alpha value is -4.44. The first-order valence-electron chi connectivity index (χ1n) is 12.2. The lowest BCUT2D eigenvalue weighted by molar-refractivity contribution is 0.477. The van der Waals surface area contributed by atoms with E-state index in [1.54, 1.807) is 0 Å². The molecule has 0 fully saturated rings. The lowest BCUT2D eigenvalue weighted by Gasteiger charge is -2.43. The van der Waals surface area contributed by atoms with Crippen LogP contribution in [0.15, 0.2) is 97.1 Å². The Morgan fingerprint density at radius 1 is 0.686 bits per heavy atom. The number of rotatable bonds is 0. The number of hydrogen-bond donors (Lipinski definition) is 0. The van der Waals surface area contributed by atoms with Crippen molar-refractivity contribution in [3.05, 3.63) is 103 Å². The summed E-state index contributed by atoms with van der Waals surface area (Å²) in [5, 5.41) is 2.63. The molecular weight excluding hydrogens is 427 g/mol. The summed E-state index contributed by atoms with van der Waals surface area (Å²) in [6.07, 6.45) is 0. The molecule has 0 unspecified atom stereocenters. The van der Waals surface area contributed by atoms with E-state index < -0.39 is 0 Å². The Morgan fingerprint density at radius 2 is 1.49 bits per heavy atom. The summed E-state index contributed by atoms with van der Waals surface area (Å²) < 4.78 is 9.05. The molecule has 0 bridgehead atoms. The summed E-state index contributed by atoms with van der Waals surface area (Å²) in [7, 11) is 0. The fraction of sp³-hybridized carbons (Fsp3) is 0.0323. The molecular formula is C31H19BN2O. The molecule has 6 aromatic rings. The molecule has 3 nitrogen and oxygen atoms in total. The maximum atomic E-state index is 6.47. The molecule has 4 heteroatoms. The molecule has 162 valence electrons. The van der Waals surface area contributed by atoms with Crippen LogP contribution in [0.2, 0.25) is 0 Å². The average Bonchev–Trinajstić information content (AvgIpc) is 3.23. The molecule has 0 atom stereocenters. The third-order valence-electron chi connectivity index (χ3n) is 7.97. The summed E-state index contributed by atoms with van der Waals surface area (Å²) >= 11 is 0. The second kappa shape index (κ2) is 5.97. The second-order valence-corrected chi connectivity index (χ2v) is 9.84. The van der Waals surface area contributed by atoms with E-state index in [1.807, 2.05) is 6.07 Å². The quantitative estimate of drug-likeness (QED) is 0.244. The van der Waals surface area contributed by atoms with Gasteiger partial charge in [0, 0.05) is 33.1 Å². The van der Waals surface area contributed by atoms with E-state index in [0.29, 0.717) is 0 Å². The van der Waals surface area contributed by atoms with Crippen LogP contribution in [0.1, 0.15) is 5.56 Å². The van der Waals surface area contributed by atoms with Gasteiger partial charge >= 0.3 is 6.85 Å². The molecule has 3 aliphatic rings. The first-order chi connectivity index (χ1) is 17.3. The van der Waals surface area contributed by atoms with Gasteiger partial charge in [-0.15, -0.1) is 0 Å². The highest BCUT2D eigenvalue weighted by Crippen LogP contribution is 2.53. The van der Waals surface area contributed by atoms with E-state index in [0.717, 1.165) is 22.9 Å². The van der Waals surface area contributed by atoms with E-state index >= 15 is 0 Å². The van der Waals surface area contributed by atoms with Gasteiger partial charge in [-0.2, -0.15) is 0 Å². The van der Waals surface area contributed by atoms with Crippen molar-refractivity contribution in [3.8, 4) is 22.6 Å². The van der Waals surface area contributed by atoms with Gasteiger partial charge in [0.1, 0.15) is 0 Å². The van der Waals surface area contributed by atoms with Gasteiger partial charge in [-0.25, -0.2) is 0 Å². The third kappa shape index (κ3) is 2.02. The Balaban J connectivity index is 1.52. The third-order valence-corrected chi connectivity index (χ3v) is 7.97. The highest BCUT2D eigenvalue weighted by atomic mass is 16.5. The molecule has 4 heterocycles. The van der Waals surface area contributed by atoms with Gasteiger partial charge in [0.15, 0.2) is 11.5 Å². The predicted molar refractivity (Wildman–Crippen MR) is 145 cm³/mol. The maximum Gasteiger partial charge on any atom is 0.333 e. The van der Waals surface area contributed by atoms with Crippen molar-refractivity contribution in [3.63, 3.8) is 0 Å².